The number of esters is 1. The molecule has 3 aromatic rings. The van der Waals surface area contributed by atoms with Crippen LogP contribution in [0.3, 0.4) is 0 Å². The minimum Gasteiger partial charge on any atom is -0.467 e. The first-order valence-electron chi connectivity index (χ1n) is 8.96. The van der Waals surface area contributed by atoms with Gasteiger partial charge in [0.2, 0.25) is 0 Å². The van der Waals surface area contributed by atoms with Crippen molar-refractivity contribution in [1.29, 1.82) is 5.26 Å². The van der Waals surface area contributed by atoms with Crippen LogP contribution in [0.2, 0.25) is 0 Å². The van der Waals surface area contributed by atoms with Crippen molar-refractivity contribution in [2.45, 2.75) is 13.5 Å². The molecule has 2 heterocycles. The molecule has 0 unspecified atom stereocenters. The molecule has 0 atom stereocenters. The Kier molecular flexibility index (Phi) is 6.62. The lowest BCUT2D eigenvalue weighted by atomic mass is 10.2. The molecule has 0 aliphatic heterocycles. The summed E-state index contributed by atoms with van der Waals surface area (Å²) in [6, 6.07) is 13.8. The number of rotatable bonds is 6. The third-order valence-corrected chi connectivity index (χ3v) is 5.02. The van der Waals surface area contributed by atoms with Gasteiger partial charge in [-0.05, 0) is 31.2 Å². The highest BCUT2D eigenvalue weighted by molar-refractivity contribution is 7.07. The average molecular weight is 423 g/mol. The Balaban J connectivity index is 2.17. The van der Waals surface area contributed by atoms with Gasteiger partial charge in [-0.25, -0.2) is 4.79 Å². The molecule has 30 heavy (non-hydrogen) atoms. The fourth-order valence-electron chi connectivity index (χ4n) is 2.62. The molecule has 1 N–H and O–H groups in total. The average Bonchev–Trinajstić information content (AvgIpc) is 3.36. The zero-order valence-corrected chi connectivity index (χ0v) is 16.8. The van der Waals surface area contributed by atoms with E-state index >= 15 is 0 Å². The van der Waals surface area contributed by atoms with Crippen LogP contribution in [0.4, 0.5) is 0 Å². The van der Waals surface area contributed by atoms with Crippen LogP contribution in [0.5, 0.6) is 0 Å². The molecule has 1 aromatic carbocycles. The zero-order chi connectivity index (χ0) is 21.5. The highest BCUT2D eigenvalue weighted by Gasteiger charge is 2.17. The van der Waals surface area contributed by atoms with Crippen LogP contribution in [0, 0.1) is 11.3 Å². The topological polar surface area (TPSA) is 114 Å². The number of nitrogens with one attached hydrogen (secondary N) is 1. The number of hydrogen-bond donors (Lipinski definition) is 1. The van der Waals surface area contributed by atoms with E-state index in [9.17, 15) is 19.6 Å². The summed E-state index contributed by atoms with van der Waals surface area (Å²) < 4.78 is 11.4. The van der Waals surface area contributed by atoms with Crippen LogP contribution < -0.4 is 20.1 Å². The molecule has 152 valence electrons. The van der Waals surface area contributed by atoms with Crippen molar-refractivity contribution in [3.63, 3.8) is 0 Å². The Bertz CT molecular complexity index is 1260. The summed E-state index contributed by atoms with van der Waals surface area (Å²) in [5.41, 5.74) is -0.319. The molecule has 8 nitrogen and oxygen atoms in total. The van der Waals surface area contributed by atoms with E-state index in [1.54, 1.807) is 49.4 Å². The van der Waals surface area contributed by atoms with Crippen LogP contribution >= 0.6 is 11.3 Å². The van der Waals surface area contributed by atoms with Crippen molar-refractivity contribution in [3.05, 3.63) is 74.0 Å². The maximum atomic E-state index is 13.0. The van der Waals surface area contributed by atoms with Crippen LogP contribution in [0.15, 0.2) is 57.9 Å². The first-order valence-corrected chi connectivity index (χ1v) is 9.77. The molecule has 0 spiro atoms. The smallest absolute Gasteiger partial charge is 0.332 e. The molecule has 3 rings (SSSR count). The van der Waals surface area contributed by atoms with Crippen molar-refractivity contribution >= 4 is 34.9 Å². The molecule has 0 bridgehead atoms. The van der Waals surface area contributed by atoms with E-state index in [1.807, 2.05) is 6.07 Å². The summed E-state index contributed by atoms with van der Waals surface area (Å²) in [7, 11) is 0. The number of benzene rings is 1. The van der Waals surface area contributed by atoms with E-state index in [2.05, 4.69) is 5.32 Å². The summed E-state index contributed by atoms with van der Waals surface area (Å²) in [5, 5.41) is 12.3. The Hall–Kier alpha value is -3.90. The van der Waals surface area contributed by atoms with Gasteiger partial charge in [0.15, 0.2) is 5.57 Å². The predicted octanol–water partition coefficient (Wildman–Crippen LogP) is 0.826. The maximum absolute atomic E-state index is 13.0. The van der Waals surface area contributed by atoms with Crippen molar-refractivity contribution < 1.29 is 18.7 Å². The molecule has 0 aliphatic rings. The molecule has 0 radical (unpaired) electrons. The molecule has 0 aliphatic carbocycles. The van der Waals surface area contributed by atoms with E-state index in [0.29, 0.717) is 11.4 Å². The van der Waals surface area contributed by atoms with E-state index in [1.165, 1.54) is 10.8 Å². The van der Waals surface area contributed by atoms with Crippen LogP contribution in [0.25, 0.3) is 17.3 Å². The maximum Gasteiger partial charge on any atom is 0.332 e. The number of amides is 1. The van der Waals surface area contributed by atoms with Crippen LogP contribution in [-0.2, 0) is 20.9 Å². The molecular formula is C21H17N3O5S. The quantitative estimate of drug-likeness (QED) is 0.588. The van der Waals surface area contributed by atoms with Gasteiger partial charge in [0.25, 0.3) is 11.5 Å². The number of ether oxygens (including phenoxy) is 1. The van der Waals surface area contributed by atoms with Gasteiger partial charge >= 0.3 is 5.97 Å². The summed E-state index contributed by atoms with van der Waals surface area (Å²) in [6.07, 6.45) is 2.54. The molecule has 0 fully saturated rings. The van der Waals surface area contributed by atoms with Gasteiger partial charge in [-0.2, -0.15) is 5.26 Å². The first kappa shape index (κ1) is 20.8. The Morgan fingerprint density at radius 2 is 2.03 bits per heavy atom. The Labute approximate surface area is 174 Å². The fourth-order valence-corrected chi connectivity index (χ4v) is 3.68. The number of carbonyl (C=O) groups excluding carboxylic acids is 2. The van der Waals surface area contributed by atoms with E-state index in [-0.39, 0.29) is 27.9 Å². The monoisotopic (exact) mass is 423 g/mol. The highest BCUT2D eigenvalue weighted by Crippen LogP contribution is 2.04. The highest BCUT2D eigenvalue weighted by atomic mass is 32.1. The second-order valence-electron chi connectivity index (χ2n) is 5.89. The van der Waals surface area contributed by atoms with Crippen LogP contribution in [-0.4, -0.2) is 23.1 Å². The zero-order valence-electron chi connectivity index (χ0n) is 16.0. The summed E-state index contributed by atoms with van der Waals surface area (Å²) >= 11 is 0.870. The number of furan rings is 1. The predicted molar refractivity (Wildman–Crippen MR) is 110 cm³/mol. The third kappa shape index (κ3) is 4.56. The normalized spacial score (nSPS) is 12.2. The van der Waals surface area contributed by atoms with Crippen LogP contribution in [0.1, 0.15) is 12.7 Å². The molecule has 2 aromatic heterocycles. The minimum absolute atomic E-state index is 0.0545. The third-order valence-electron chi connectivity index (χ3n) is 3.93. The number of hydrogen-bond acceptors (Lipinski definition) is 7. The van der Waals surface area contributed by atoms with Gasteiger partial charge in [-0.1, -0.05) is 18.2 Å². The second-order valence-corrected chi connectivity index (χ2v) is 6.92. The van der Waals surface area contributed by atoms with E-state index in [4.69, 9.17) is 9.15 Å². The van der Waals surface area contributed by atoms with Gasteiger partial charge in [-0.15, -0.1) is 11.3 Å². The lowest BCUT2D eigenvalue weighted by Gasteiger charge is -2.04. The lowest BCUT2D eigenvalue weighted by Crippen LogP contribution is -2.34. The van der Waals surface area contributed by atoms with E-state index in [0.717, 1.165) is 17.4 Å². The SMILES string of the molecule is CCOC(=O)C=c1sc(=C(C#N)C(=O)NCc2ccco2)n(-c2ccccc2)c1=O. The molecular weight excluding hydrogens is 406 g/mol. The lowest BCUT2D eigenvalue weighted by molar-refractivity contribution is -0.135. The Morgan fingerprint density at radius 3 is 2.67 bits per heavy atom. The molecule has 9 heteroatoms. The molecule has 0 saturated carbocycles. The fraction of sp³-hybridized carbons (Fsp3) is 0.143. The Morgan fingerprint density at radius 1 is 1.27 bits per heavy atom. The van der Waals surface area contributed by atoms with Gasteiger partial charge in [0.05, 0.1) is 25.1 Å². The standard InChI is InChI=1S/C21H17N3O5S/c1-2-28-18(25)11-17-20(27)24(14-7-4-3-5-8-14)21(30-17)16(12-22)19(26)23-13-15-9-6-10-29-15/h3-11H,2,13H2,1H3,(H,23,26). The number of para-hydroxylation sites is 1. The van der Waals surface area contributed by atoms with Gasteiger partial charge < -0.3 is 14.5 Å². The summed E-state index contributed by atoms with van der Waals surface area (Å²) in [4.78, 5) is 37.5. The van der Waals surface area contributed by atoms with Crippen molar-refractivity contribution in [3.8, 4) is 11.8 Å². The molecule has 1 amide bonds. The number of nitriles is 1. The second kappa shape index (κ2) is 9.54. The summed E-state index contributed by atoms with van der Waals surface area (Å²) in [6.45, 7) is 1.89. The van der Waals surface area contributed by atoms with Gasteiger partial charge in [-0.3, -0.25) is 14.2 Å². The number of nitrogens with zero attached hydrogens (tertiary/aromatic N) is 2. The number of carbonyl (C=O) groups is 2. The van der Waals surface area contributed by atoms with Crippen molar-refractivity contribution in [1.82, 2.24) is 9.88 Å². The van der Waals surface area contributed by atoms with Gasteiger partial charge in [0.1, 0.15) is 21.0 Å². The van der Waals surface area contributed by atoms with E-state index < -0.39 is 17.4 Å². The van der Waals surface area contributed by atoms with Crippen molar-refractivity contribution in [2.24, 2.45) is 0 Å². The molecule has 0 saturated heterocycles. The number of thiazole rings is 1. The van der Waals surface area contributed by atoms with Gasteiger partial charge in [0, 0.05) is 6.08 Å². The minimum atomic E-state index is -0.677. The number of aromatic nitrogens is 1. The summed E-state index contributed by atoms with van der Waals surface area (Å²) in [5.74, 6) is -0.825. The first-order chi connectivity index (χ1) is 14.5. The van der Waals surface area contributed by atoms with Crippen molar-refractivity contribution in [2.75, 3.05) is 6.61 Å². The largest absolute Gasteiger partial charge is 0.467 e.